The van der Waals surface area contributed by atoms with Crippen molar-refractivity contribution in [2.75, 3.05) is 47.5 Å². The number of benzene rings is 1. The van der Waals surface area contributed by atoms with Crippen molar-refractivity contribution >= 4 is 17.2 Å². The van der Waals surface area contributed by atoms with Crippen LogP contribution >= 0.6 is 11.3 Å². The van der Waals surface area contributed by atoms with E-state index in [4.69, 9.17) is 19.2 Å². The van der Waals surface area contributed by atoms with Crippen molar-refractivity contribution in [3.8, 4) is 17.2 Å². The molecule has 29 heavy (non-hydrogen) atoms. The van der Waals surface area contributed by atoms with Crippen LogP contribution in [0, 0.1) is 0 Å². The number of carbonyl (C=O) groups is 1. The van der Waals surface area contributed by atoms with Crippen molar-refractivity contribution in [1.82, 2.24) is 14.8 Å². The van der Waals surface area contributed by atoms with Gasteiger partial charge in [0.1, 0.15) is 5.01 Å². The fraction of sp³-hybridized carbons (Fsp3) is 0.524. The lowest BCUT2D eigenvalue weighted by molar-refractivity contribution is 0.0627. The third-order valence-electron chi connectivity index (χ3n) is 5.57. The van der Waals surface area contributed by atoms with Gasteiger partial charge in [-0.1, -0.05) is 0 Å². The Kier molecular flexibility index (Phi) is 5.91. The highest BCUT2D eigenvalue weighted by molar-refractivity contribution is 7.11. The van der Waals surface area contributed by atoms with Crippen molar-refractivity contribution in [1.29, 1.82) is 0 Å². The number of hydrogen-bond acceptors (Lipinski definition) is 7. The molecule has 1 fully saturated rings. The second-order valence-electron chi connectivity index (χ2n) is 7.31. The average Bonchev–Trinajstić information content (AvgIpc) is 3.34. The molecule has 1 aromatic carbocycles. The van der Waals surface area contributed by atoms with Gasteiger partial charge in [-0.3, -0.25) is 9.69 Å². The minimum Gasteiger partial charge on any atom is -0.493 e. The summed E-state index contributed by atoms with van der Waals surface area (Å²) in [6.45, 7) is 3.96. The fourth-order valence-electron chi connectivity index (χ4n) is 4.00. The molecule has 8 heteroatoms. The Hall–Kier alpha value is -2.32. The van der Waals surface area contributed by atoms with E-state index in [-0.39, 0.29) is 5.91 Å². The molecular formula is C21H27N3O4S. The second kappa shape index (κ2) is 8.59. The number of carbonyl (C=O) groups excluding carboxylic acids is 1. The highest BCUT2D eigenvalue weighted by Gasteiger charge is 2.26. The minimum atomic E-state index is -0.0165. The van der Waals surface area contributed by atoms with Gasteiger partial charge in [-0.05, 0) is 31.4 Å². The molecule has 0 saturated carbocycles. The van der Waals surface area contributed by atoms with E-state index in [0.29, 0.717) is 35.9 Å². The van der Waals surface area contributed by atoms with Crippen LogP contribution in [0.15, 0.2) is 12.1 Å². The van der Waals surface area contributed by atoms with Crippen LogP contribution < -0.4 is 14.2 Å². The van der Waals surface area contributed by atoms with Crippen molar-refractivity contribution in [2.24, 2.45) is 0 Å². The maximum absolute atomic E-state index is 13.0. The van der Waals surface area contributed by atoms with Crippen LogP contribution in [0.3, 0.4) is 0 Å². The molecule has 1 saturated heterocycles. The molecule has 7 nitrogen and oxygen atoms in total. The van der Waals surface area contributed by atoms with Crippen LogP contribution in [0.2, 0.25) is 0 Å². The van der Waals surface area contributed by atoms with E-state index < -0.39 is 0 Å². The van der Waals surface area contributed by atoms with E-state index in [1.807, 2.05) is 16.2 Å². The highest BCUT2D eigenvalue weighted by Crippen LogP contribution is 2.38. The van der Waals surface area contributed by atoms with Crippen LogP contribution in [-0.2, 0) is 19.4 Å². The topological polar surface area (TPSA) is 64.1 Å². The summed E-state index contributed by atoms with van der Waals surface area (Å²) in [4.78, 5) is 23.6. The van der Waals surface area contributed by atoms with Crippen LogP contribution in [-0.4, -0.2) is 68.2 Å². The van der Waals surface area contributed by atoms with E-state index in [1.165, 1.54) is 28.4 Å². The summed E-state index contributed by atoms with van der Waals surface area (Å²) < 4.78 is 16.1. The van der Waals surface area contributed by atoms with Crippen molar-refractivity contribution < 1.29 is 19.0 Å². The van der Waals surface area contributed by atoms with Crippen molar-refractivity contribution in [3.63, 3.8) is 0 Å². The molecule has 1 aliphatic carbocycles. The molecule has 0 atom stereocenters. The summed E-state index contributed by atoms with van der Waals surface area (Å²) in [6, 6.07) is 3.43. The molecule has 4 rings (SSSR count). The smallest absolute Gasteiger partial charge is 0.254 e. The zero-order valence-corrected chi connectivity index (χ0v) is 18.0. The predicted molar refractivity (Wildman–Crippen MR) is 111 cm³/mol. The van der Waals surface area contributed by atoms with E-state index >= 15 is 0 Å². The van der Waals surface area contributed by atoms with Gasteiger partial charge in [-0.2, -0.15) is 0 Å². The zero-order chi connectivity index (χ0) is 20.4. The Bertz CT molecular complexity index is 844. The predicted octanol–water partition coefficient (Wildman–Crippen LogP) is 2.62. The number of ether oxygens (including phenoxy) is 3. The quantitative estimate of drug-likeness (QED) is 0.720. The summed E-state index contributed by atoms with van der Waals surface area (Å²) in [5.74, 6) is 1.46. The number of amides is 1. The molecule has 1 aliphatic heterocycles. The Morgan fingerprint density at radius 1 is 1.03 bits per heavy atom. The summed E-state index contributed by atoms with van der Waals surface area (Å²) >= 11 is 1.86. The van der Waals surface area contributed by atoms with Crippen molar-refractivity contribution in [3.05, 3.63) is 33.3 Å². The first-order valence-electron chi connectivity index (χ1n) is 9.92. The van der Waals surface area contributed by atoms with Crippen molar-refractivity contribution in [2.45, 2.75) is 25.8 Å². The lowest BCUT2D eigenvalue weighted by Crippen LogP contribution is -2.48. The first kappa shape index (κ1) is 20.0. The Labute approximate surface area is 175 Å². The number of aromatic nitrogens is 1. The number of rotatable bonds is 6. The number of piperazine rings is 1. The van der Waals surface area contributed by atoms with Gasteiger partial charge in [0, 0.05) is 36.6 Å². The maximum atomic E-state index is 13.0. The summed E-state index contributed by atoms with van der Waals surface area (Å²) in [7, 11) is 4.66. The van der Waals surface area contributed by atoms with Gasteiger partial charge in [-0.25, -0.2) is 4.98 Å². The van der Waals surface area contributed by atoms with Crippen LogP contribution in [0.25, 0.3) is 0 Å². The molecule has 0 radical (unpaired) electrons. The highest BCUT2D eigenvalue weighted by atomic mass is 32.1. The monoisotopic (exact) mass is 417 g/mol. The lowest BCUT2D eigenvalue weighted by Gasteiger charge is -2.34. The van der Waals surface area contributed by atoms with Gasteiger partial charge in [0.15, 0.2) is 11.5 Å². The molecule has 156 valence electrons. The largest absolute Gasteiger partial charge is 0.493 e. The Morgan fingerprint density at radius 3 is 2.31 bits per heavy atom. The third-order valence-corrected chi connectivity index (χ3v) is 6.71. The molecule has 1 aromatic heterocycles. The maximum Gasteiger partial charge on any atom is 0.254 e. The normalized spacial score (nSPS) is 16.6. The van der Waals surface area contributed by atoms with Gasteiger partial charge in [0.05, 0.1) is 33.6 Å². The van der Waals surface area contributed by atoms with Crippen LogP contribution in [0.4, 0.5) is 0 Å². The molecule has 0 N–H and O–H groups in total. The van der Waals surface area contributed by atoms with E-state index in [2.05, 4.69) is 4.90 Å². The second-order valence-corrected chi connectivity index (χ2v) is 8.48. The number of fused-ring (bicyclic) bond motifs is 1. The third kappa shape index (κ3) is 4.04. The molecule has 0 spiro atoms. The zero-order valence-electron chi connectivity index (χ0n) is 17.2. The van der Waals surface area contributed by atoms with Crippen LogP contribution in [0.5, 0.6) is 17.2 Å². The molecular weight excluding hydrogens is 390 g/mol. The van der Waals surface area contributed by atoms with Gasteiger partial charge in [-0.15, -0.1) is 11.3 Å². The van der Waals surface area contributed by atoms with Gasteiger partial charge >= 0.3 is 0 Å². The van der Waals surface area contributed by atoms with Gasteiger partial charge in [0.25, 0.3) is 5.91 Å². The van der Waals surface area contributed by atoms with Gasteiger partial charge in [0.2, 0.25) is 5.75 Å². The molecule has 2 aliphatic rings. The number of methoxy groups -OCH3 is 3. The summed E-state index contributed by atoms with van der Waals surface area (Å²) in [5, 5.41) is 1.21. The van der Waals surface area contributed by atoms with Gasteiger partial charge < -0.3 is 19.1 Å². The first-order chi connectivity index (χ1) is 14.1. The molecule has 0 unspecified atom stereocenters. The lowest BCUT2D eigenvalue weighted by atomic mass is 10.1. The average molecular weight is 418 g/mol. The van der Waals surface area contributed by atoms with E-state index in [0.717, 1.165) is 26.1 Å². The Morgan fingerprint density at radius 2 is 1.72 bits per heavy atom. The minimum absolute atomic E-state index is 0.0165. The van der Waals surface area contributed by atoms with Crippen LogP contribution in [0.1, 0.15) is 32.4 Å². The summed E-state index contributed by atoms with van der Waals surface area (Å²) in [5.41, 5.74) is 1.85. The molecule has 1 amide bonds. The number of hydrogen-bond donors (Lipinski definition) is 0. The summed E-state index contributed by atoms with van der Waals surface area (Å²) in [6.07, 6.45) is 3.56. The number of aryl methyl sites for hydroxylation is 2. The van der Waals surface area contributed by atoms with E-state index in [1.54, 1.807) is 33.5 Å². The molecule has 2 aromatic rings. The Balaban J connectivity index is 1.39. The SMILES string of the molecule is COc1cc(C(=O)N2CCN(Cc3nc4c(s3)CCC4)CC2)cc(OC)c1OC. The first-order valence-corrected chi connectivity index (χ1v) is 10.7. The number of nitrogens with zero attached hydrogens (tertiary/aromatic N) is 3. The fourth-order valence-corrected chi connectivity index (χ4v) is 5.20. The molecule has 2 heterocycles. The van der Waals surface area contributed by atoms with E-state index in [9.17, 15) is 4.79 Å². The molecule has 0 bridgehead atoms. The standard InChI is InChI=1S/C21H27N3O4S/c1-26-16-11-14(12-17(27-2)20(16)28-3)21(25)24-9-7-23(8-10-24)13-19-22-15-5-4-6-18(15)29-19/h11-12H,4-10,13H2,1-3H3. The number of thiazole rings is 1.